The first-order valence-electron chi connectivity index (χ1n) is 13.8. The van der Waals surface area contributed by atoms with Crippen LogP contribution in [0.4, 0.5) is 5.69 Å². The molecule has 1 N–H and O–H groups in total. The van der Waals surface area contributed by atoms with Crippen LogP contribution >= 0.6 is 0 Å². The number of sulfonamides is 1. The molecule has 0 bridgehead atoms. The second-order valence-electron chi connectivity index (χ2n) is 10.5. The van der Waals surface area contributed by atoms with Crippen LogP contribution in [0.15, 0.2) is 84.9 Å². The molecule has 40 heavy (non-hydrogen) atoms. The van der Waals surface area contributed by atoms with Crippen LogP contribution in [-0.2, 0) is 32.6 Å². The number of rotatable bonds is 13. The number of nitrogens with zero attached hydrogens (tertiary/aromatic N) is 2. The van der Waals surface area contributed by atoms with Crippen LogP contribution < -0.4 is 9.62 Å². The summed E-state index contributed by atoms with van der Waals surface area (Å²) in [4.78, 5) is 29.4. The topological polar surface area (TPSA) is 86.8 Å². The second kappa shape index (κ2) is 14.1. The van der Waals surface area contributed by atoms with Crippen molar-refractivity contribution in [2.24, 2.45) is 0 Å². The average Bonchev–Trinajstić information content (AvgIpc) is 2.93. The first-order valence-corrected chi connectivity index (χ1v) is 15.6. The van der Waals surface area contributed by atoms with Gasteiger partial charge in [0.25, 0.3) is 0 Å². The molecule has 0 spiro atoms. The minimum absolute atomic E-state index is 0.0445. The van der Waals surface area contributed by atoms with E-state index in [9.17, 15) is 18.0 Å². The maximum atomic E-state index is 14.2. The highest BCUT2D eigenvalue weighted by molar-refractivity contribution is 7.92. The second-order valence-corrected chi connectivity index (χ2v) is 12.4. The molecular weight excluding hydrogens is 522 g/mol. The molecule has 0 aliphatic rings. The minimum atomic E-state index is -3.82. The number of nitrogens with one attached hydrogen (secondary N) is 1. The van der Waals surface area contributed by atoms with Crippen LogP contribution in [0.25, 0.3) is 0 Å². The molecule has 0 saturated carbocycles. The quantitative estimate of drug-likeness (QED) is 0.312. The average molecular weight is 564 g/mol. The van der Waals surface area contributed by atoms with Gasteiger partial charge in [-0.15, -0.1) is 0 Å². The molecule has 214 valence electrons. The van der Waals surface area contributed by atoms with E-state index in [1.165, 1.54) is 4.90 Å². The van der Waals surface area contributed by atoms with Gasteiger partial charge in [-0.05, 0) is 42.0 Å². The molecule has 2 atom stereocenters. The Morgan fingerprint density at radius 2 is 1.38 bits per heavy atom. The van der Waals surface area contributed by atoms with Crippen LogP contribution in [0.3, 0.4) is 0 Å². The normalized spacial score (nSPS) is 12.9. The zero-order valence-electron chi connectivity index (χ0n) is 24.1. The van der Waals surface area contributed by atoms with Gasteiger partial charge in [0.15, 0.2) is 0 Å². The number of benzene rings is 3. The van der Waals surface area contributed by atoms with Gasteiger partial charge in [-0.1, -0.05) is 99.6 Å². The first-order chi connectivity index (χ1) is 19.0. The van der Waals surface area contributed by atoms with Crippen LogP contribution in [0.5, 0.6) is 0 Å². The summed E-state index contributed by atoms with van der Waals surface area (Å²) in [6.07, 6.45) is 2.14. The zero-order chi connectivity index (χ0) is 29.3. The Morgan fingerprint density at radius 3 is 1.93 bits per heavy atom. The molecule has 0 fully saturated rings. The monoisotopic (exact) mass is 563 g/mol. The molecule has 0 aliphatic carbocycles. The summed E-state index contributed by atoms with van der Waals surface area (Å²) in [5.41, 5.74) is 3.05. The van der Waals surface area contributed by atoms with Gasteiger partial charge in [-0.25, -0.2) is 8.42 Å². The Balaban J connectivity index is 2.08. The third-order valence-corrected chi connectivity index (χ3v) is 8.10. The summed E-state index contributed by atoms with van der Waals surface area (Å²) in [5, 5.41) is 3.05. The molecule has 2 amide bonds. The number of hydrogen-bond acceptors (Lipinski definition) is 4. The van der Waals surface area contributed by atoms with E-state index in [0.717, 1.165) is 33.7 Å². The highest BCUT2D eigenvalue weighted by atomic mass is 32.2. The van der Waals surface area contributed by atoms with E-state index < -0.39 is 28.5 Å². The van der Waals surface area contributed by atoms with Crippen molar-refractivity contribution in [1.82, 2.24) is 10.2 Å². The van der Waals surface area contributed by atoms with Gasteiger partial charge in [0.1, 0.15) is 12.6 Å². The van der Waals surface area contributed by atoms with Crippen molar-refractivity contribution in [3.63, 3.8) is 0 Å². The Bertz CT molecular complexity index is 1360. The van der Waals surface area contributed by atoms with Crippen LogP contribution in [0.2, 0.25) is 0 Å². The third kappa shape index (κ3) is 8.42. The number of hydrogen-bond donors (Lipinski definition) is 1. The largest absolute Gasteiger partial charge is 0.352 e. The summed E-state index contributed by atoms with van der Waals surface area (Å²) in [6.45, 7) is 7.62. The van der Waals surface area contributed by atoms with E-state index in [4.69, 9.17) is 0 Å². The van der Waals surface area contributed by atoms with Gasteiger partial charge in [0, 0.05) is 19.0 Å². The highest BCUT2D eigenvalue weighted by Crippen LogP contribution is 2.29. The van der Waals surface area contributed by atoms with Crippen LogP contribution in [0.1, 0.15) is 56.7 Å². The number of para-hydroxylation sites is 1. The predicted octanol–water partition coefficient (Wildman–Crippen LogP) is 5.13. The highest BCUT2D eigenvalue weighted by Gasteiger charge is 2.34. The van der Waals surface area contributed by atoms with Gasteiger partial charge >= 0.3 is 0 Å². The van der Waals surface area contributed by atoms with E-state index in [-0.39, 0.29) is 24.4 Å². The summed E-state index contributed by atoms with van der Waals surface area (Å²) in [5.74, 6) is -0.674. The first kappa shape index (κ1) is 30.9. The fourth-order valence-corrected chi connectivity index (χ4v) is 5.44. The van der Waals surface area contributed by atoms with Crippen molar-refractivity contribution < 1.29 is 18.0 Å². The molecule has 0 saturated heterocycles. The molecule has 3 aromatic rings. The molecule has 0 aliphatic heterocycles. The predicted molar refractivity (Wildman–Crippen MR) is 162 cm³/mol. The van der Waals surface area contributed by atoms with Gasteiger partial charge in [-0.2, -0.15) is 0 Å². The van der Waals surface area contributed by atoms with Crippen molar-refractivity contribution in [2.45, 2.75) is 65.1 Å². The Labute approximate surface area is 239 Å². The maximum absolute atomic E-state index is 14.2. The van der Waals surface area contributed by atoms with E-state index in [1.54, 1.807) is 12.1 Å². The molecule has 0 unspecified atom stereocenters. The standard InChI is InChI=1S/C32H41N3O4S/c1-6-25(4)33-32(37)30(21-26-15-9-7-10-16-26)34(22-27-17-11-8-12-18-27)31(36)23-35(40(5,38)39)29-20-14-13-19-28(29)24(2)3/h7-20,24-25,30H,6,21-23H2,1-5H3,(H,33,37)/t25-,30-/m0/s1. The number of carbonyl (C=O) groups is 2. The lowest BCUT2D eigenvalue weighted by Gasteiger charge is -2.34. The summed E-state index contributed by atoms with van der Waals surface area (Å²) in [6, 6.07) is 25.3. The van der Waals surface area contributed by atoms with Gasteiger partial charge < -0.3 is 10.2 Å². The molecule has 3 rings (SSSR count). The van der Waals surface area contributed by atoms with Gasteiger partial charge in [-0.3, -0.25) is 13.9 Å². The van der Waals surface area contributed by atoms with E-state index >= 15 is 0 Å². The van der Waals surface area contributed by atoms with Crippen molar-refractivity contribution >= 4 is 27.5 Å². The van der Waals surface area contributed by atoms with Crippen molar-refractivity contribution in [2.75, 3.05) is 17.1 Å². The van der Waals surface area contributed by atoms with Crippen molar-refractivity contribution in [1.29, 1.82) is 0 Å². The van der Waals surface area contributed by atoms with Crippen LogP contribution in [-0.4, -0.2) is 50.0 Å². The zero-order valence-corrected chi connectivity index (χ0v) is 24.9. The fraction of sp³-hybridized carbons (Fsp3) is 0.375. The van der Waals surface area contributed by atoms with E-state index in [2.05, 4.69) is 5.32 Å². The summed E-state index contributed by atoms with van der Waals surface area (Å²) in [7, 11) is -3.82. The minimum Gasteiger partial charge on any atom is -0.352 e. The SMILES string of the molecule is CC[C@H](C)NC(=O)[C@H](Cc1ccccc1)N(Cc1ccccc1)C(=O)CN(c1ccccc1C(C)C)S(C)(=O)=O. The Morgan fingerprint density at radius 1 is 0.825 bits per heavy atom. The van der Waals surface area contributed by atoms with Gasteiger partial charge in [0.05, 0.1) is 11.9 Å². The Kier molecular flexibility index (Phi) is 10.9. The smallest absolute Gasteiger partial charge is 0.244 e. The van der Waals surface area contributed by atoms with E-state index in [1.807, 2.05) is 100 Å². The van der Waals surface area contributed by atoms with Crippen molar-refractivity contribution in [3.05, 3.63) is 102 Å². The lowest BCUT2D eigenvalue weighted by molar-refractivity contribution is -0.140. The van der Waals surface area contributed by atoms with Crippen molar-refractivity contribution in [3.8, 4) is 0 Å². The fourth-order valence-electron chi connectivity index (χ4n) is 4.57. The lowest BCUT2D eigenvalue weighted by atomic mass is 10.0. The lowest BCUT2D eigenvalue weighted by Crippen LogP contribution is -2.54. The summed E-state index contributed by atoms with van der Waals surface area (Å²) < 4.78 is 27.3. The molecule has 3 aromatic carbocycles. The third-order valence-electron chi connectivity index (χ3n) is 6.97. The Hall–Kier alpha value is -3.65. The maximum Gasteiger partial charge on any atom is 0.244 e. The number of amides is 2. The molecular formula is C32H41N3O4S. The summed E-state index contributed by atoms with van der Waals surface area (Å²) >= 11 is 0. The number of anilines is 1. The molecule has 8 heteroatoms. The van der Waals surface area contributed by atoms with E-state index in [0.29, 0.717) is 12.1 Å². The van der Waals surface area contributed by atoms with Crippen LogP contribution in [0, 0.1) is 0 Å². The van der Waals surface area contributed by atoms with Gasteiger partial charge in [0.2, 0.25) is 21.8 Å². The number of carbonyl (C=O) groups excluding carboxylic acids is 2. The molecule has 0 heterocycles. The molecule has 0 radical (unpaired) electrons. The molecule has 7 nitrogen and oxygen atoms in total. The molecule has 0 aromatic heterocycles.